The van der Waals surface area contributed by atoms with Crippen molar-refractivity contribution in [3.05, 3.63) is 12.5 Å². The zero-order chi connectivity index (χ0) is 25.1. The van der Waals surface area contributed by atoms with E-state index in [9.17, 15) is 0 Å². The monoisotopic (exact) mass is 495 g/mol. The first-order valence-electron chi connectivity index (χ1n) is 11.7. The van der Waals surface area contributed by atoms with Gasteiger partial charge in [-0.25, -0.2) is 0 Å². The van der Waals surface area contributed by atoms with Gasteiger partial charge in [0.1, 0.15) is 6.61 Å². The standard InChI is InChI=1S/C8H20N2O.C8H19NO2.C8H15NO.CH4.H3N/c1-8(2,3)10-5-7-11-6-4-9;1-8(2,3)9-4-6-11-7-5-10;1-8(2,3)9-4-6-10-7-5-9;;/h10H,4-7,9H2,1-3H3;9-10H,4-7H2,1-3H3;4,6H,5,7H2,1-3H3;1H4;1H3. The Kier molecular flexibility index (Phi) is 26.7. The first-order valence-corrected chi connectivity index (χ1v) is 11.7. The Labute approximate surface area is 211 Å². The molecule has 0 radical (unpaired) electrons. The maximum absolute atomic E-state index is 8.38. The van der Waals surface area contributed by atoms with Crippen LogP contribution >= 0.6 is 0 Å². The first kappa shape index (κ1) is 40.2. The van der Waals surface area contributed by atoms with Crippen LogP contribution in [0.5, 0.6) is 0 Å². The second-order valence-electron chi connectivity index (χ2n) is 10.6. The van der Waals surface area contributed by atoms with Gasteiger partial charge in [0.25, 0.3) is 0 Å². The van der Waals surface area contributed by atoms with E-state index in [2.05, 4.69) is 77.8 Å². The fourth-order valence-corrected chi connectivity index (χ4v) is 2.32. The van der Waals surface area contributed by atoms with Crippen LogP contribution < -0.4 is 22.5 Å². The maximum Gasteiger partial charge on any atom is 0.105 e. The summed E-state index contributed by atoms with van der Waals surface area (Å²) in [5, 5.41) is 15.0. The molecule has 0 atom stereocenters. The van der Waals surface area contributed by atoms with Crippen molar-refractivity contribution in [3.63, 3.8) is 0 Å². The lowest BCUT2D eigenvalue weighted by atomic mass is 10.1. The molecule has 0 aromatic carbocycles. The molecule has 210 valence electrons. The number of hydrogen-bond acceptors (Lipinski definition) is 9. The zero-order valence-electron chi connectivity index (χ0n) is 23.1. The number of ether oxygens (including phenoxy) is 3. The third-order valence-corrected chi connectivity index (χ3v) is 3.95. The van der Waals surface area contributed by atoms with Crippen LogP contribution in [0.3, 0.4) is 0 Å². The average Bonchev–Trinajstić information content (AvgIpc) is 2.67. The summed E-state index contributed by atoms with van der Waals surface area (Å²) in [4.78, 5) is 2.27. The quantitative estimate of drug-likeness (QED) is 0.289. The Balaban J connectivity index is -0.000000193. The van der Waals surface area contributed by atoms with Crippen molar-refractivity contribution in [2.45, 2.75) is 86.4 Å². The van der Waals surface area contributed by atoms with E-state index in [-0.39, 0.29) is 36.8 Å². The highest BCUT2D eigenvalue weighted by molar-refractivity contribution is 4.88. The molecule has 34 heavy (non-hydrogen) atoms. The lowest BCUT2D eigenvalue weighted by Crippen LogP contribution is -2.40. The summed E-state index contributed by atoms with van der Waals surface area (Å²) in [5.74, 6) is 0. The normalized spacial score (nSPS) is 13.3. The predicted octanol–water partition coefficient (Wildman–Crippen LogP) is 3.12. The Bertz CT molecular complexity index is 420. The Morgan fingerprint density at radius 1 is 0.882 bits per heavy atom. The number of aliphatic hydroxyl groups excluding tert-OH is 1. The number of rotatable bonds is 10. The number of aliphatic hydroxyl groups is 1. The largest absolute Gasteiger partial charge is 0.498 e. The van der Waals surface area contributed by atoms with Gasteiger partial charge >= 0.3 is 0 Å². The van der Waals surface area contributed by atoms with E-state index in [1.807, 2.05) is 6.20 Å². The highest BCUT2D eigenvalue weighted by Crippen LogP contribution is 2.14. The van der Waals surface area contributed by atoms with Crippen molar-refractivity contribution < 1.29 is 19.3 Å². The van der Waals surface area contributed by atoms with Crippen LogP contribution in [0.15, 0.2) is 12.5 Å². The highest BCUT2D eigenvalue weighted by atomic mass is 16.5. The van der Waals surface area contributed by atoms with Crippen molar-refractivity contribution in [2.24, 2.45) is 5.73 Å². The van der Waals surface area contributed by atoms with Gasteiger partial charge in [-0.05, 0) is 62.3 Å². The van der Waals surface area contributed by atoms with E-state index in [1.165, 1.54) is 0 Å². The molecule has 8 N–H and O–H groups in total. The molecule has 0 bridgehead atoms. The van der Waals surface area contributed by atoms with Crippen LogP contribution in [0.4, 0.5) is 0 Å². The van der Waals surface area contributed by atoms with Crippen molar-refractivity contribution in [1.82, 2.24) is 21.7 Å². The molecule has 0 spiro atoms. The molecule has 9 nitrogen and oxygen atoms in total. The topological polar surface area (TPSA) is 136 Å². The number of nitrogens with one attached hydrogen (secondary N) is 2. The van der Waals surface area contributed by atoms with Gasteiger partial charge in [-0.15, -0.1) is 0 Å². The fraction of sp³-hybridized carbons (Fsp3) is 0.920. The van der Waals surface area contributed by atoms with Crippen LogP contribution in [0.25, 0.3) is 0 Å². The molecule has 0 saturated carbocycles. The second-order valence-corrected chi connectivity index (χ2v) is 10.6. The van der Waals surface area contributed by atoms with E-state index in [0.29, 0.717) is 26.4 Å². The summed E-state index contributed by atoms with van der Waals surface area (Å²) in [7, 11) is 0. The first-order chi connectivity index (χ1) is 14.7. The number of nitrogens with two attached hydrogens (primary N) is 1. The molecule has 0 aliphatic carbocycles. The molecule has 0 aromatic rings. The van der Waals surface area contributed by atoms with Crippen LogP contribution in [0.1, 0.15) is 69.7 Å². The molecule has 1 aliphatic heterocycles. The summed E-state index contributed by atoms with van der Waals surface area (Å²) in [6.45, 7) is 26.1. The Morgan fingerprint density at radius 3 is 1.65 bits per heavy atom. The van der Waals surface area contributed by atoms with Crippen LogP contribution in [0.2, 0.25) is 0 Å². The van der Waals surface area contributed by atoms with E-state index < -0.39 is 0 Å². The van der Waals surface area contributed by atoms with E-state index in [1.54, 1.807) is 6.26 Å². The summed E-state index contributed by atoms with van der Waals surface area (Å²) in [6.07, 6.45) is 3.76. The molecule has 9 heteroatoms. The summed E-state index contributed by atoms with van der Waals surface area (Å²) < 4.78 is 15.3. The molecule has 0 saturated heterocycles. The van der Waals surface area contributed by atoms with Crippen molar-refractivity contribution in [2.75, 3.05) is 65.8 Å². The fourth-order valence-electron chi connectivity index (χ4n) is 2.32. The molecular formula is C25H61N5O4. The minimum atomic E-state index is 0. The highest BCUT2D eigenvalue weighted by Gasteiger charge is 2.18. The smallest absolute Gasteiger partial charge is 0.105 e. The predicted molar refractivity (Wildman–Crippen MR) is 147 cm³/mol. The SMILES string of the molecule is C.CC(C)(C)N1C=COCC1.CC(C)(C)NCCOCCN.CC(C)(C)NCCOCCO.N. The van der Waals surface area contributed by atoms with Gasteiger partial charge in [-0.3, -0.25) is 0 Å². The van der Waals surface area contributed by atoms with E-state index >= 15 is 0 Å². The second kappa shape index (κ2) is 22.5. The average molecular weight is 496 g/mol. The summed E-state index contributed by atoms with van der Waals surface area (Å²) >= 11 is 0. The lowest BCUT2D eigenvalue weighted by Gasteiger charge is -2.36. The molecule has 1 aliphatic rings. The third kappa shape index (κ3) is 33.2. The van der Waals surface area contributed by atoms with Gasteiger partial charge in [0.05, 0.1) is 45.8 Å². The van der Waals surface area contributed by atoms with Crippen LogP contribution in [-0.2, 0) is 14.2 Å². The summed E-state index contributed by atoms with van der Waals surface area (Å²) in [6, 6.07) is 0. The van der Waals surface area contributed by atoms with Gasteiger partial charge < -0.3 is 46.7 Å². The van der Waals surface area contributed by atoms with Gasteiger partial charge in [0.15, 0.2) is 0 Å². The minimum Gasteiger partial charge on any atom is -0.498 e. The molecule has 0 fully saturated rings. The van der Waals surface area contributed by atoms with Gasteiger partial charge in [0, 0.05) is 42.5 Å². The lowest BCUT2D eigenvalue weighted by molar-refractivity contribution is 0.0910. The third-order valence-electron chi connectivity index (χ3n) is 3.95. The van der Waals surface area contributed by atoms with E-state index in [0.717, 1.165) is 32.8 Å². The molecule has 0 aromatic heterocycles. The van der Waals surface area contributed by atoms with Crippen molar-refractivity contribution in [1.29, 1.82) is 0 Å². The van der Waals surface area contributed by atoms with Gasteiger partial charge in [-0.2, -0.15) is 0 Å². The number of nitrogens with zero attached hydrogens (tertiary/aromatic N) is 1. The molecule has 1 heterocycles. The number of hydrogen-bond donors (Lipinski definition) is 5. The van der Waals surface area contributed by atoms with Crippen molar-refractivity contribution >= 4 is 0 Å². The molecule has 0 amide bonds. The minimum absolute atomic E-state index is 0. The Morgan fingerprint density at radius 2 is 1.35 bits per heavy atom. The van der Waals surface area contributed by atoms with Crippen LogP contribution in [-0.4, -0.2) is 92.4 Å². The van der Waals surface area contributed by atoms with Gasteiger partial charge in [0.2, 0.25) is 0 Å². The maximum atomic E-state index is 8.38. The Hall–Kier alpha value is -0.940. The molecule has 0 unspecified atom stereocenters. The van der Waals surface area contributed by atoms with E-state index in [4.69, 9.17) is 25.1 Å². The van der Waals surface area contributed by atoms with Gasteiger partial charge in [-0.1, -0.05) is 7.43 Å². The summed E-state index contributed by atoms with van der Waals surface area (Å²) in [5.41, 5.74) is 5.83. The zero-order valence-corrected chi connectivity index (χ0v) is 23.1. The molecule has 1 rings (SSSR count). The van der Waals surface area contributed by atoms with Crippen LogP contribution in [0, 0.1) is 0 Å². The van der Waals surface area contributed by atoms with Crippen molar-refractivity contribution in [3.8, 4) is 0 Å². The molecular weight excluding hydrogens is 434 g/mol.